The first-order valence-corrected chi connectivity index (χ1v) is 12.3. The Morgan fingerprint density at radius 2 is 1.84 bits per heavy atom. The summed E-state index contributed by atoms with van der Waals surface area (Å²) in [5, 5.41) is 8.27. The van der Waals surface area contributed by atoms with Crippen molar-refractivity contribution in [1.29, 1.82) is 0 Å². The van der Waals surface area contributed by atoms with E-state index in [1.165, 1.54) is 12.1 Å². The van der Waals surface area contributed by atoms with Crippen LogP contribution in [-0.2, 0) is 0 Å². The number of aromatic nitrogens is 2. The molecule has 0 unspecified atom stereocenters. The van der Waals surface area contributed by atoms with Gasteiger partial charge < -0.3 is 19.2 Å². The number of carbonyl (C=O) groups is 1. The minimum Gasteiger partial charge on any atom is -0.497 e. The molecule has 0 aliphatic carbocycles. The predicted octanol–water partition coefficient (Wildman–Crippen LogP) is 7.10. The Labute approximate surface area is 228 Å². The van der Waals surface area contributed by atoms with Gasteiger partial charge in [-0.1, -0.05) is 19.6 Å². The Hall–Kier alpha value is -4.11. The van der Waals surface area contributed by atoms with Gasteiger partial charge in [0.05, 0.1) is 30.6 Å². The minimum absolute atomic E-state index is 0. The van der Waals surface area contributed by atoms with Crippen LogP contribution in [0.3, 0.4) is 0 Å². The number of halogens is 2. The summed E-state index contributed by atoms with van der Waals surface area (Å²) in [5.41, 5.74) is 2.43. The van der Waals surface area contributed by atoms with Gasteiger partial charge in [0, 0.05) is 5.39 Å². The standard InChI is InChI=1S/C28H23BrFN3O4.CH4/c1-17(32-28(34)25-12-13-26(29)37-25)27(18-4-3-5-22(14-18)35-2)36-23-10-11-24-19(15-23)16-31-33(24)21-8-6-20(30)7-9-21;/h3-17,27H,1-2H3,(H,32,34);1H4/t17-,27-;/m0./s1. The monoisotopic (exact) mass is 579 g/mol. The molecule has 9 heteroatoms. The maximum absolute atomic E-state index is 13.4. The van der Waals surface area contributed by atoms with Gasteiger partial charge in [-0.25, -0.2) is 9.07 Å². The molecule has 1 N–H and O–H groups in total. The third-order valence-electron chi connectivity index (χ3n) is 5.91. The quantitative estimate of drug-likeness (QED) is 0.212. The van der Waals surface area contributed by atoms with E-state index >= 15 is 0 Å². The van der Waals surface area contributed by atoms with Crippen LogP contribution in [0.1, 0.15) is 36.6 Å². The van der Waals surface area contributed by atoms with Crippen molar-refractivity contribution in [3.63, 3.8) is 0 Å². The normalized spacial score (nSPS) is 12.4. The number of methoxy groups -OCH3 is 1. The Kier molecular flexibility index (Phi) is 8.16. The molecular formula is C29H27BrFN3O4. The number of hydrogen-bond donors (Lipinski definition) is 1. The number of rotatable bonds is 8. The zero-order valence-corrected chi connectivity index (χ0v) is 21.6. The highest BCUT2D eigenvalue weighted by atomic mass is 79.9. The maximum atomic E-state index is 13.4. The Bertz CT molecular complexity index is 1550. The van der Waals surface area contributed by atoms with Gasteiger partial charge in [-0.2, -0.15) is 5.10 Å². The average Bonchev–Trinajstić information content (AvgIpc) is 3.54. The first-order chi connectivity index (χ1) is 17.9. The molecule has 2 aromatic heterocycles. The summed E-state index contributed by atoms with van der Waals surface area (Å²) in [5.74, 6) is 0.806. The molecule has 1 amide bonds. The van der Waals surface area contributed by atoms with Crippen molar-refractivity contribution >= 4 is 32.7 Å². The SMILES string of the molecule is C.COc1cccc([C@@H](Oc2ccc3c(cnn3-c3ccc(F)cc3)c2)[C@H](C)NC(=O)c2ccc(Br)o2)c1. The van der Waals surface area contributed by atoms with Crippen LogP contribution < -0.4 is 14.8 Å². The summed E-state index contributed by atoms with van der Waals surface area (Å²) < 4.78 is 32.8. The lowest BCUT2D eigenvalue weighted by Gasteiger charge is -2.26. The summed E-state index contributed by atoms with van der Waals surface area (Å²) >= 11 is 3.22. The zero-order chi connectivity index (χ0) is 25.9. The van der Waals surface area contributed by atoms with E-state index in [0.717, 1.165) is 22.2 Å². The molecule has 0 fully saturated rings. The van der Waals surface area contributed by atoms with Crippen LogP contribution in [0.5, 0.6) is 11.5 Å². The number of hydrogen-bond acceptors (Lipinski definition) is 5. The molecule has 38 heavy (non-hydrogen) atoms. The van der Waals surface area contributed by atoms with Gasteiger partial charge in [-0.05, 0) is 95.1 Å². The molecule has 3 aromatic carbocycles. The van der Waals surface area contributed by atoms with Gasteiger partial charge >= 0.3 is 0 Å². The van der Waals surface area contributed by atoms with Gasteiger partial charge in [-0.3, -0.25) is 4.79 Å². The van der Waals surface area contributed by atoms with Crippen molar-refractivity contribution < 1.29 is 23.1 Å². The van der Waals surface area contributed by atoms with Crippen molar-refractivity contribution in [2.24, 2.45) is 0 Å². The Morgan fingerprint density at radius 1 is 1.05 bits per heavy atom. The molecule has 196 valence electrons. The molecule has 0 aliphatic heterocycles. The van der Waals surface area contributed by atoms with Gasteiger partial charge in [-0.15, -0.1) is 0 Å². The first-order valence-electron chi connectivity index (χ1n) is 11.5. The molecule has 0 aliphatic rings. The van der Waals surface area contributed by atoms with Crippen LogP contribution >= 0.6 is 15.9 Å². The molecule has 2 atom stereocenters. The molecule has 2 heterocycles. The summed E-state index contributed by atoms with van der Waals surface area (Å²) in [7, 11) is 1.60. The van der Waals surface area contributed by atoms with E-state index in [9.17, 15) is 9.18 Å². The van der Waals surface area contributed by atoms with E-state index in [-0.39, 0.29) is 24.9 Å². The second-order valence-electron chi connectivity index (χ2n) is 8.43. The minimum atomic E-state index is -0.540. The number of nitrogens with zero attached hydrogens (tertiary/aromatic N) is 2. The van der Waals surface area contributed by atoms with E-state index in [0.29, 0.717) is 16.2 Å². The van der Waals surface area contributed by atoms with E-state index in [1.54, 1.807) is 42.3 Å². The largest absolute Gasteiger partial charge is 0.497 e. The molecular weight excluding hydrogens is 553 g/mol. The van der Waals surface area contributed by atoms with Crippen LogP contribution in [0.15, 0.2) is 94.1 Å². The summed E-state index contributed by atoms with van der Waals surface area (Å²) in [6.45, 7) is 1.87. The first kappa shape index (κ1) is 26.9. The highest BCUT2D eigenvalue weighted by Crippen LogP contribution is 2.30. The summed E-state index contributed by atoms with van der Waals surface area (Å²) in [6, 6.07) is 22.1. The van der Waals surface area contributed by atoms with E-state index in [1.807, 2.05) is 49.4 Å². The van der Waals surface area contributed by atoms with Gasteiger partial charge in [0.25, 0.3) is 5.91 Å². The van der Waals surface area contributed by atoms with Gasteiger partial charge in [0.15, 0.2) is 10.4 Å². The molecule has 0 saturated heterocycles. The van der Waals surface area contributed by atoms with Crippen molar-refractivity contribution in [1.82, 2.24) is 15.1 Å². The van der Waals surface area contributed by atoms with Crippen LogP contribution in [-0.4, -0.2) is 28.8 Å². The lowest BCUT2D eigenvalue weighted by atomic mass is 10.0. The van der Waals surface area contributed by atoms with Crippen LogP contribution in [0, 0.1) is 5.82 Å². The molecule has 5 aromatic rings. The topological polar surface area (TPSA) is 78.5 Å². The van der Waals surface area contributed by atoms with Crippen molar-refractivity contribution in [2.75, 3.05) is 7.11 Å². The maximum Gasteiger partial charge on any atom is 0.287 e. The van der Waals surface area contributed by atoms with Crippen LogP contribution in [0.2, 0.25) is 0 Å². The molecule has 0 saturated carbocycles. The molecule has 5 rings (SSSR count). The lowest BCUT2D eigenvalue weighted by molar-refractivity contribution is 0.0853. The number of fused-ring (bicyclic) bond motifs is 1. The molecule has 0 radical (unpaired) electrons. The van der Waals surface area contributed by atoms with Gasteiger partial charge in [0.2, 0.25) is 0 Å². The Balaban J connectivity index is 0.00000336. The highest BCUT2D eigenvalue weighted by molar-refractivity contribution is 9.10. The fourth-order valence-electron chi connectivity index (χ4n) is 4.09. The Morgan fingerprint density at radius 3 is 2.55 bits per heavy atom. The molecule has 0 bridgehead atoms. The fourth-order valence-corrected chi connectivity index (χ4v) is 4.39. The zero-order valence-electron chi connectivity index (χ0n) is 20.0. The third-order valence-corrected chi connectivity index (χ3v) is 6.33. The van der Waals surface area contributed by atoms with Crippen molar-refractivity contribution in [2.45, 2.75) is 26.5 Å². The molecule has 7 nitrogen and oxygen atoms in total. The van der Waals surface area contributed by atoms with Crippen LogP contribution in [0.25, 0.3) is 16.6 Å². The second-order valence-corrected chi connectivity index (χ2v) is 9.22. The summed E-state index contributed by atoms with van der Waals surface area (Å²) in [6.07, 6.45) is 1.19. The molecule has 0 spiro atoms. The number of carbonyl (C=O) groups excluding carboxylic acids is 1. The number of benzene rings is 3. The highest BCUT2D eigenvalue weighted by Gasteiger charge is 2.25. The van der Waals surface area contributed by atoms with Crippen molar-refractivity contribution in [3.05, 3.63) is 107 Å². The second kappa shape index (κ2) is 11.5. The van der Waals surface area contributed by atoms with Gasteiger partial charge in [0.1, 0.15) is 23.4 Å². The fraction of sp³-hybridized carbons (Fsp3) is 0.172. The van der Waals surface area contributed by atoms with E-state index in [2.05, 4.69) is 26.3 Å². The smallest absolute Gasteiger partial charge is 0.287 e. The number of ether oxygens (including phenoxy) is 2. The number of nitrogens with one attached hydrogen (secondary N) is 1. The van der Waals surface area contributed by atoms with Crippen LogP contribution in [0.4, 0.5) is 4.39 Å². The summed E-state index contributed by atoms with van der Waals surface area (Å²) in [4.78, 5) is 12.8. The lowest BCUT2D eigenvalue weighted by Crippen LogP contribution is -2.39. The number of amides is 1. The van der Waals surface area contributed by atoms with E-state index in [4.69, 9.17) is 13.9 Å². The van der Waals surface area contributed by atoms with Crippen molar-refractivity contribution in [3.8, 4) is 17.2 Å². The average molecular weight is 580 g/mol. The number of furan rings is 1. The third kappa shape index (κ3) is 5.73. The van der Waals surface area contributed by atoms with E-state index < -0.39 is 12.1 Å². The predicted molar refractivity (Wildman–Crippen MR) is 147 cm³/mol.